The Labute approximate surface area is 130 Å². The second-order valence-corrected chi connectivity index (χ2v) is 5.90. The van der Waals surface area contributed by atoms with Crippen LogP contribution in [0.3, 0.4) is 0 Å². The molecule has 0 saturated heterocycles. The third-order valence-corrected chi connectivity index (χ3v) is 4.29. The van der Waals surface area contributed by atoms with E-state index in [9.17, 15) is 9.18 Å². The van der Waals surface area contributed by atoms with E-state index >= 15 is 0 Å². The minimum atomic E-state index is -0.300. The minimum absolute atomic E-state index is 0.0475. The van der Waals surface area contributed by atoms with Crippen LogP contribution in [-0.2, 0) is 17.6 Å². The number of carbonyl (C=O) groups is 1. The molecule has 1 N–H and O–H groups in total. The Morgan fingerprint density at radius 1 is 1.18 bits per heavy atom. The Balaban J connectivity index is 1.58. The van der Waals surface area contributed by atoms with Gasteiger partial charge in [-0.05, 0) is 48.1 Å². The highest BCUT2D eigenvalue weighted by atomic mass is 19.1. The molecule has 22 heavy (non-hydrogen) atoms. The zero-order valence-corrected chi connectivity index (χ0v) is 12.5. The molecular formula is C19H20FNO. The van der Waals surface area contributed by atoms with Crippen LogP contribution in [0.15, 0.2) is 48.5 Å². The van der Waals surface area contributed by atoms with E-state index in [1.807, 2.05) is 0 Å². The average Bonchev–Trinajstić information content (AvgIpc) is 2.53. The molecule has 2 nitrogen and oxygen atoms in total. The van der Waals surface area contributed by atoms with Gasteiger partial charge in [0.25, 0.3) is 0 Å². The molecule has 1 aliphatic rings. The van der Waals surface area contributed by atoms with Gasteiger partial charge in [0.2, 0.25) is 5.91 Å². The molecule has 0 saturated carbocycles. The van der Waals surface area contributed by atoms with E-state index in [1.54, 1.807) is 12.1 Å². The molecule has 1 unspecified atom stereocenters. The summed E-state index contributed by atoms with van der Waals surface area (Å²) in [5.41, 5.74) is 3.47. The molecule has 0 bridgehead atoms. The summed E-state index contributed by atoms with van der Waals surface area (Å²) in [6.07, 6.45) is 3.63. The number of nitrogens with one attached hydrogen (secondary N) is 1. The molecule has 0 spiro atoms. The van der Waals surface area contributed by atoms with Gasteiger partial charge in [-0.1, -0.05) is 36.4 Å². The number of aryl methyl sites for hydroxylation is 1. The highest BCUT2D eigenvalue weighted by molar-refractivity contribution is 5.78. The van der Waals surface area contributed by atoms with Crippen LogP contribution in [0.1, 0.15) is 35.4 Å². The fourth-order valence-corrected chi connectivity index (χ4v) is 3.20. The normalized spacial score (nSPS) is 16.9. The predicted molar refractivity (Wildman–Crippen MR) is 85.2 cm³/mol. The number of carbonyl (C=O) groups excluding carboxylic acids is 1. The topological polar surface area (TPSA) is 29.1 Å². The lowest BCUT2D eigenvalue weighted by Gasteiger charge is -2.25. The third kappa shape index (κ3) is 3.53. The lowest BCUT2D eigenvalue weighted by Crippen LogP contribution is -2.31. The van der Waals surface area contributed by atoms with Crippen molar-refractivity contribution in [2.45, 2.75) is 31.6 Å². The van der Waals surface area contributed by atoms with Crippen LogP contribution in [0, 0.1) is 5.82 Å². The Morgan fingerprint density at radius 2 is 2.05 bits per heavy atom. The van der Waals surface area contributed by atoms with E-state index in [-0.39, 0.29) is 18.1 Å². The number of hydrogen-bond acceptors (Lipinski definition) is 1. The van der Waals surface area contributed by atoms with Gasteiger partial charge in [0.15, 0.2) is 0 Å². The molecule has 114 valence electrons. The maximum Gasteiger partial charge on any atom is 0.224 e. The first-order chi connectivity index (χ1) is 10.7. The van der Waals surface area contributed by atoms with E-state index in [4.69, 9.17) is 0 Å². The van der Waals surface area contributed by atoms with Gasteiger partial charge in [-0.25, -0.2) is 4.39 Å². The van der Waals surface area contributed by atoms with Crippen LogP contribution >= 0.6 is 0 Å². The number of benzene rings is 2. The predicted octanol–water partition coefficient (Wildman–Crippen LogP) is 3.60. The largest absolute Gasteiger partial charge is 0.355 e. The molecule has 2 aromatic carbocycles. The summed E-state index contributed by atoms with van der Waals surface area (Å²) in [5, 5.41) is 3.00. The Bertz CT molecular complexity index is 668. The number of amides is 1. The van der Waals surface area contributed by atoms with E-state index in [2.05, 4.69) is 29.6 Å². The van der Waals surface area contributed by atoms with E-state index in [1.165, 1.54) is 29.7 Å². The zero-order chi connectivity index (χ0) is 15.4. The van der Waals surface area contributed by atoms with Crippen LogP contribution in [0.25, 0.3) is 0 Å². The fourth-order valence-electron chi connectivity index (χ4n) is 3.20. The molecule has 2 aromatic rings. The van der Waals surface area contributed by atoms with Crippen molar-refractivity contribution in [1.82, 2.24) is 5.32 Å². The fraction of sp³-hybridized carbons (Fsp3) is 0.316. The van der Waals surface area contributed by atoms with Gasteiger partial charge >= 0.3 is 0 Å². The van der Waals surface area contributed by atoms with E-state index < -0.39 is 0 Å². The van der Waals surface area contributed by atoms with Gasteiger partial charge in [-0.2, -0.15) is 0 Å². The Hall–Kier alpha value is -2.16. The lowest BCUT2D eigenvalue weighted by molar-refractivity contribution is -0.120. The Morgan fingerprint density at radius 3 is 2.91 bits per heavy atom. The maximum atomic E-state index is 13.1. The van der Waals surface area contributed by atoms with Crippen molar-refractivity contribution in [2.24, 2.45) is 0 Å². The van der Waals surface area contributed by atoms with Crippen LogP contribution < -0.4 is 5.32 Å². The average molecular weight is 297 g/mol. The summed E-state index contributed by atoms with van der Waals surface area (Å²) in [7, 11) is 0. The van der Waals surface area contributed by atoms with Crippen LogP contribution in [0.4, 0.5) is 4.39 Å². The van der Waals surface area contributed by atoms with Gasteiger partial charge in [0.05, 0.1) is 6.42 Å². The van der Waals surface area contributed by atoms with Gasteiger partial charge in [0, 0.05) is 12.5 Å². The summed E-state index contributed by atoms with van der Waals surface area (Å²) in [4.78, 5) is 12.0. The number of halogens is 1. The summed E-state index contributed by atoms with van der Waals surface area (Å²) >= 11 is 0. The molecule has 3 rings (SSSR count). The number of hydrogen-bond donors (Lipinski definition) is 1. The van der Waals surface area contributed by atoms with Crippen molar-refractivity contribution in [3.63, 3.8) is 0 Å². The minimum Gasteiger partial charge on any atom is -0.355 e. The second-order valence-electron chi connectivity index (χ2n) is 5.90. The second kappa shape index (κ2) is 6.73. The highest BCUT2D eigenvalue weighted by Crippen LogP contribution is 2.30. The monoisotopic (exact) mass is 297 g/mol. The molecule has 0 aliphatic heterocycles. The third-order valence-electron chi connectivity index (χ3n) is 4.29. The van der Waals surface area contributed by atoms with E-state index in [0.717, 1.165) is 12.8 Å². The van der Waals surface area contributed by atoms with E-state index in [0.29, 0.717) is 18.0 Å². The zero-order valence-electron chi connectivity index (χ0n) is 12.5. The quantitative estimate of drug-likeness (QED) is 0.918. The van der Waals surface area contributed by atoms with Crippen molar-refractivity contribution in [3.8, 4) is 0 Å². The summed E-state index contributed by atoms with van der Waals surface area (Å²) in [6.45, 7) is 0.658. The lowest BCUT2D eigenvalue weighted by atomic mass is 9.83. The van der Waals surface area contributed by atoms with Crippen LogP contribution in [0.5, 0.6) is 0 Å². The van der Waals surface area contributed by atoms with Crippen molar-refractivity contribution >= 4 is 5.91 Å². The standard InChI is InChI=1S/C19H20FNO/c20-17-9-3-5-14(11-17)12-19(22)21-13-16-8-4-7-15-6-1-2-10-18(15)16/h1-3,5-6,9-11,16H,4,7-8,12-13H2,(H,21,22). The van der Waals surface area contributed by atoms with Crippen molar-refractivity contribution in [2.75, 3.05) is 6.54 Å². The van der Waals surface area contributed by atoms with Crippen molar-refractivity contribution in [1.29, 1.82) is 0 Å². The van der Waals surface area contributed by atoms with Crippen LogP contribution in [0.2, 0.25) is 0 Å². The summed E-state index contributed by atoms with van der Waals surface area (Å²) in [5.74, 6) is 0.0431. The molecular weight excluding hydrogens is 277 g/mol. The van der Waals surface area contributed by atoms with Crippen molar-refractivity contribution < 1.29 is 9.18 Å². The smallest absolute Gasteiger partial charge is 0.224 e. The van der Waals surface area contributed by atoms with Gasteiger partial charge in [-0.3, -0.25) is 4.79 Å². The SMILES string of the molecule is O=C(Cc1cccc(F)c1)NCC1CCCc2ccccc21. The summed E-state index contributed by atoms with van der Waals surface area (Å²) in [6, 6.07) is 14.7. The molecule has 0 heterocycles. The molecule has 1 amide bonds. The van der Waals surface area contributed by atoms with Crippen LogP contribution in [-0.4, -0.2) is 12.5 Å². The van der Waals surface area contributed by atoms with Gasteiger partial charge in [-0.15, -0.1) is 0 Å². The molecule has 0 aromatic heterocycles. The van der Waals surface area contributed by atoms with Gasteiger partial charge < -0.3 is 5.32 Å². The molecule has 0 fully saturated rings. The highest BCUT2D eigenvalue weighted by Gasteiger charge is 2.20. The Kier molecular flexibility index (Phi) is 4.52. The first-order valence-corrected chi connectivity index (χ1v) is 7.81. The number of fused-ring (bicyclic) bond motifs is 1. The maximum absolute atomic E-state index is 13.1. The van der Waals surface area contributed by atoms with Crippen molar-refractivity contribution in [3.05, 3.63) is 71.0 Å². The van der Waals surface area contributed by atoms with Gasteiger partial charge in [0.1, 0.15) is 5.82 Å². The molecule has 1 aliphatic carbocycles. The summed E-state index contributed by atoms with van der Waals surface area (Å²) < 4.78 is 13.1. The first-order valence-electron chi connectivity index (χ1n) is 7.81. The number of rotatable bonds is 4. The molecule has 1 atom stereocenters. The molecule has 0 radical (unpaired) electrons. The first kappa shape index (κ1) is 14.8. The molecule has 3 heteroatoms.